The van der Waals surface area contributed by atoms with Gasteiger partial charge in [-0.3, -0.25) is 4.79 Å². The summed E-state index contributed by atoms with van der Waals surface area (Å²) in [7, 11) is 0. The molecular weight excluding hydrogens is 355 g/mol. The van der Waals surface area contributed by atoms with Gasteiger partial charge in [0.05, 0.1) is 10.0 Å². The Morgan fingerprint density at radius 3 is 2.20 bits per heavy atom. The third-order valence-electron chi connectivity index (χ3n) is 4.22. The van der Waals surface area contributed by atoms with E-state index >= 15 is 0 Å². The lowest BCUT2D eigenvalue weighted by molar-refractivity contribution is 0.499. The van der Waals surface area contributed by atoms with Gasteiger partial charge >= 0.3 is 0 Å². The number of benzene rings is 2. The van der Waals surface area contributed by atoms with Crippen LogP contribution >= 0.6 is 23.2 Å². The summed E-state index contributed by atoms with van der Waals surface area (Å²) in [6, 6.07) is 13.4. The van der Waals surface area contributed by atoms with Crippen LogP contribution in [0.3, 0.4) is 0 Å². The summed E-state index contributed by atoms with van der Waals surface area (Å²) in [6.07, 6.45) is 0. The molecule has 0 aliphatic carbocycles. The SMILES string of the molecule is CC(C)Cn1c(CN)c(-c2ccccc2)c2cc(Cl)c(Cl)cc2c1=O. The van der Waals surface area contributed by atoms with E-state index in [1.807, 2.05) is 30.3 Å². The topological polar surface area (TPSA) is 48.0 Å². The van der Waals surface area contributed by atoms with Crippen molar-refractivity contribution in [2.75, 3.05) is 0 Å². The fourth-order valence-electron chi connectivity index (χ4n) is 3.19. The van der Waals surface area contributed by atoms with E-state index in [9.17, 15) is 4.79 Å². The van der Waals surface area contributed by atoms with Crippen LogP contribution in [-0.2, 0) is 13.1 Å². The molecule has 2 aromatic carbocycles. The van der Waals surface area contributed by atoms with Crippen LogP contribution in [0.5, 0.6) is 0 Å². The number of hydrogen-bond donors (Lipinski definition) is 1. The molecule has 0 spiro atoms. The van der Waals surface area contributed by atoms with Crippen molar-refractivity contribution in [3.05, 3.63) is 68.6 Å². The maximum Gasteiger partial charge on any atom is 0.258 e. The number of nitrogens with zero attached hydrogens (tertiary/aromatic N) is 1. The Morgan fingerprint density at radius 1 is 1.04 bits per heavy atom. The zero-order chi connectivity index (χ0) is 18.1. The van der Waals surface area contributed by atoms with Gasteiger partial charge in [-0.25, -0.2) is 0 Å². The van der Waals surface area contributed by atoms with Crippen LogP contribution in [-0.4, -0.2) is 4.57 Å². The lowest BCUT2D eigenvalue weighted by Gasteiger charge is -2.21. The van der Waals surface area contributed by atoms with Gasteiger partial charge in [0.15, 0.2) is 0 Å². The van der Waals surface area contributed by atoms with Crippen molar-refractivity contribution < 1.29 is 0 Å². The van der Waals surface area contributed by atoms with Gasteiger partial charge in [-0.2, -0.15) is 0 Å². The summed E-state index contributed by atoms with van der Waals surface area (Å²) in [5, 5.41) is 2.15. The van der Waals surface area contributed by atoms with E-state index in [0.29, 0.717) is 27.9 Å². The predicted molar refractivity (Wildman–Crippen MR) is 106 cm³/mol. The quantitative estimate of drug-likeness (QED) is 0.691. The van der Waals surface area contributed by atoms with Gasteiger partial charge in [-0.1, -0.05) is 67.4 Å². The molecule has 2 N–H and O–H groups in total. The molecule has 25 heavy (non-hydrogen) atoms. The molecule has 1 heterocycles. The third-order valence-corrected chi connectivity index (χ3v) is 4.95. The van der Waals surface area contributed by atoms with Crippen LogP contribution in [0.1, 0.15) is 19.5 Å². The molecule has 1 aromatic heterocycles. The third kappa shape index (κ3) is 3.32. The summed E-state index contributed by atoms with van der Waals surface area (Å²) < 4.78 is 1.78. The molecule has 0 aliphatic heterocycles. The van der Waals surface area contributed by atoms with Crippen LogP contribution in [0.25, 0.3) is 21.9 Å². The van der Waals surface area contributed by atoms with Gasteiger partial charge < -0.3 is 10.3 Å². The minimum atomic E-state index is -0.0811. The largest absolute Gasteiger partial charge is 0.325 e. The first kappa shape index (κ1) is 18.0. The first-order valence-corrected chi connectivity index (χ1v) is 8.99. The number of halogens is 2. The van der Waals surface area contributed by atoms with Crippen LogP contribution in [0.15, 0.2) is 47.3 Å². The predicted octanol–water partition coefficient (Wildman–Crippen LogP) is 5.09. The first-order chi connectivity index (χ1) is 11.9. The molecule has 0 bridgehead atoms. The van der Waals surface area contributed by atoms with Gasteiger partial charge in [-0.15, -0.1) is 0 Å². The average Bonchev–Trinajstić information content (AvgIpc) is 2.59. The minimum Gasteiger partial charge on any atom is -0.325 e. The highest BCUT2D eigenvalue weighted by Gasteiger charge is 2.19. The molecule has 3 nitrogen and oxygen atoms in total. The fraction of sp³-hybridized carbons (Fsp3) is 0.250. The van der Waals surface area contributed by atoms with Crippen LogP contribution in [0.2, 0.25) is 10.0 Å². The van der Waals surface area contributed by atoms with Crippen LogP contribution < -0.4 is 11.3 Å². The van der Waals surface area contributed by atoms with E-state index in [4.69, 9.17) is 28.9 Å². The molecule has 0 fully saturated rings. The van der Waals surface area contributed by atoms with E-state index in [1.54, 1.807) is 16.7 Å². The van der Waals surface area contributed by atoms with E-state index in [2.05, 4.69) is 13.8 Å². The summed E-state index contributed by atoms with van der Waals surface area (Å²) in [5.74, 6) is 0.312. The van der Waals surface area contributed by atoms with Gasteiger partial charge in [0.1, 0.15) is 0 Å². The maximum absolute atomic E-state index is 13.1. The highest BCUT2D eigenvalue weighted by molar-refractivity contribution is 6.43. The summed E-state index contributed by atoms with van der Waals surface area (Å²) >= 11 is 12.4. The normalized spacial score (nSPS) is 11.4. The Hall–Kier alpha value is -1.81. The summed E-state index contributed by atoms with van der Waals surface area (Å²) in [4.78, 5) is 13.1. The average molecular weight is 375 g/mol. The zero-order valence-corrected chi connectivity index (χ0v) is 15.7. The second-order valence-electron chi connectivity index (χ2n) is 6.51. The lowest BCUT2D eigenvalue weighted by Crippen LogP contribution is -2.28. The molecule has 0 aliphatic rings. The van der Waals surface area contributed by atoms with Gasteiger partial charge in [0, 0.05) is 29.7 Å². The number of rotatable bonds is 4. The highest BCUT2D eigenvalue weighted by atomic mass is 35.5. The molecule has 0 radical (unpaired) electrons. The molecule has 3 aromatic rings. The number of hydrogen-bond acceptors (Lipinski definition) is 2. The van der Waals surface area contributed by atoms with Crippen molar-refractivity contribution >= 4 is 34.0 Å². The number of aromatic nitrogens is 1. The smallest absolute Gasteiger partial charge is 0.258 e. The second-order valence-corrected chi connectivity index (χ2v) is 7.33. The maximum atomic E-state index is 13.1. The second kappa shape index (κ2) is 7.20. The lowest BCUT2D eigenvalue weighted by atomic mass is 9.96. The molecular formula is C20H20Cl2N2O. The van der Waals surface area contributed by atoms with Crippen molar-refractivity contribution in [2.45, 2.75) is 26.9 Å². The van der Waals surface area contributed by atoms with Gasteiger partial charge in [-0.05, 0) is 29.0 Å². The molecule has 0 atom stereocenters. The Labute approximate surface area is 157 Å². The Morgan fingerprint density at radius 2 is 1.64 bits per heavy atom. The molecule has 5 heteroatoms. The Bertz CT molecular complexity index is 979. The van der Waals surface area contributed by atoms with Crippen molar-refractivity contribution in [1.82, 2.24) is 4.57 Å². The monoisotopic (exact) mass is 374 g/mol. The van der Waals surface area contributed by atoms with E-state index < -0.39 is 0 Å². The Balaban J connectivity index is 2.51. The van der Waals surface area contributed by atoms with Crippen LogP contribution in [0, 0.1) is 5.92 Å². The highest BCUT2D eigenvalue weighted by Crippen LogP contribution is 2.35. The van der Waals surface area contributed by atoms with Crippen molar-refractivity contribution in [3.8, 4) is 11.1 Å². The van der Waals surface area contributed by atoms with Gasteiger partial charge in [0.2, 0.25) is 0 Å². The van der Waals surface area contributed by atoms with Crippen LogP contribution in [0.4, 0.5) is 0 Å². The minimum absolute atomic E-state index is 0.0811. The van der Waals surface area contributed by atoms with E-state index in [0.717, 1.165) is 22.2 Å². The van der Waals surface area contributed by atoms with Crippen molar-refractivity contribution in [3.63, 3.8) is 0 Å². The van der Waals surface area contributed by atoms with E-state index in [-0.39, 0.29) is 12.1 Å². The Kier molecular flexibility index (Phi) is 5.19. The fourth-order valence-corrected chi connectivity index (χ4v) is 3.51. The van der Waals surface area contributed by atoms with E-state index in [1.165, 1.54) is 0 Å². The molecule has 3 rings (SSSR count). The molecule has 0 unspecified atom stereocenters. The standard InChI is InChI=1S/C20H20Cl2N2O/c1-12(2)11-24-18(10-23)19(13-6-4-3-5-7-13)14-8-16(21)17(22)9-15(14)20(24)25/h3-9,12H,10-11,23H2,1-2H3. The van der Waals surface area contributed by atoms with Gasteiger partial charge in [0.25, 0.3) is 5.56 Å². The first-order valence-electron chi connectivity index (χ1n) is 8.24. The zero-order valence-electron chi connectivity index (χ0n) is 14.2. The molecule has 0 amide bonds. The number of nitrogens with two attached hydrogens (primary N) is 1. The molecule has 130 valence electrons. The summed E-state index contributed by atoms with van der Waals surface area (Å²) in [5.41, 5.74) is 8.75. The van der Waals surface area contributed by atoms with Crippen molar-refractivity contribution in [1.29, 1.82) is 0 Å². The molecule has 0 saturated carbocycles. The van der Waals surface area contributed by atoms with Crippen molar-refractivity contribution in [2.24, 2.45) is 11.7 Å². The number of fused-ring (bicyclic) bond motifs is 1. The number of pyridine rings is 1. The summed E-state index contributed by atoms with van der Waals surface area (Å²) in [6.45, 7) is 5.02. The molecule has 0 saturated heterocycles.